The quantitative estimate of drug-likeness (QED) is 0.644. The third kappa shape index (κ3) is 3.00. The lowest BCUT2D eigenvalue weighted by atomic mass is 10.2. The Morgan fingerprint density at radius 2 is 2.40 bits per heavy atom. The Balaban J connectivity index is 1.42. The van der Waals surface area contributed by atoms with Gasteiger partial charge in [0, 0.05) is 19.1 Å². The van der Waals surface area contributed by atoms with Gasteiger partial charge in [0.05, 0.1) is 25.3 Å². The average molecular weight is 281 g/mol. The van der Waals surface area contributed by atoms with Gasteiger partial charge in [0.2, 0.25) is 0 Å². The normalized spacial score (nSPS) is 26.6. The van der Waals surface area contributed by atoms with E-state index in [4.69, 9.17) is 9.15 Å². The fourth-order valence-corrected chi connectivity index (χ4v) is 2.93. The van der Waals surface area contributed by atoms with Crippen molar-refractivity contribution in [2.24, 2.45) is 0 Å². The van der Waals surface area contributed by atoms with Crippen molar-refractivity contribution in [1.82, 2.24) is 10.2 Å². The minimum absolute atomic E-state index is 0.189. The monoisotopic (exact) mass is 281 g/mol. The van der Waals surface area contributed by atoms with E-state index in [9.17, 15) is 10.1 Å². The number of fused-ring (bicyclic) bond motifs is 1. The molecule has 0 spiro atoms. The average Bonchev–Trinajstić information content (AvgIpc) is 3.06. The maximum atomic E-state index is 10.5. The van der Waals surface area contributed by atoms with Crippen molar-refractivity contribution in [3.05, 3.63) is 28.0 Å². The predicted octanol–water partition coefficient (Wildman–Crippen LogP) is 1.14. The lowest BCUT2D eigenvalue weighted by Gasteiger charge is -2.35. The molecule has 0 bridgehead atoms. The summed E-state index contributed by atoms with van der Waals surface area (Å²) in [5.41, 5.74) is 0. The molecule has 3 rings (SSSR count). The second-order valence-electron chi connectivity index (χ2n) is 5.37. The maximum Gasteiger partial charge on any atom is 0.433 e. The number of morpholine rings is 1. The molecule has 2 fully saturated rings. The summed E-state index contributed by atoms with van der Waals surface area (Å²) in [4.78, 5) is 12.5. The molecule has 2 unspecified atom stereocenters. The number of hydrogen-bond acceptors (Lipinski definition) is 6. The first kappa shape index (κ1) is 13.5. The first-order valence-electron chi connectivity index (χ1n) is 7.02. The van der Waals surface area contributed by atoms with Crippen molar-refractivity contribution >= 4 is 5.88 Å². The molecule has 1 aromatic rings. The highest BCUT2D eigenvalue weighted by Gasteiger charge is 2.31. The van der Waals surface area contributed by atoms with Crippen molar-refractivity contribution in [2.45, 2.75) is 31.5 Å². The van der Waals surface area contributed by atoms with Gasteiger partial charge in [0.1, 0.15) is 10.7 Å². The molecule has 20 heavy (non-hydrogen) atoms. The second-order valence-corrected chi connectivity index (χ2v) is 5.37. The zero-order chi connectivity index (χ0) is 13.9. The van der Waals surface area contributed by atoms with Gasteiger partial charge >= 0.3 is 5.88 Å². The van der Waals surface area contributed by atoms with Crippen molar-refractivity contribution < 1.29 is 14.1 Å². The van der Waals surface area contributed by atoms with Crippen molar-refractivity contribution in [1.29, 1.82) is 0 Å². The van der Waals surface area contributed by atoms with Gasteiger partial charge in [-0.05, 0) is 25.5 Å². The van der Waals surface area contributed by atoms with Crippen LogP contribution in [-0.2, 0) is 11.3 Å². The van der Waals surface area contributed by atoms with E-state index in [0.717, 1.165) is 19.7 Å². The van der Waals surface area contributed by atoms with Gasteiger partial charge < -0.3 is 14.5 Å². The van der Waals surface area contributed by atoms with E-state index in [-0.39, 0.29) is 12.0 Å². The van der Waals surface area contributed by atoms with Crippen LogP contribution < -0.4 is 5.32 Å². The molecule has 2 atom stereocenters. The Hall–Kier alpha value is -1.44. The summed E-state index contributed by atoms with van der Waals surface area (Å²) >= 11 is 0. The molecule has 1 N–H and O–H groups in total. The van der Waals surface area contributed by atoms with E-state index in [2.05, 4.69) is 10.2 Å². The lowest BCUT2D eigenvalue weighted by molar-refractivity contribution is -0.402. The molecule has 0 saturated carbocycles. The topological polar surface area (TPSA) is 80.8 Å². The standard InChI is InChI=1S/C13H19N3O4/c17-16(18)13-4-3-11(20-13)6-14-7-12-8-15-5-1-2-10(15)9-19-12/h3-4,10,12,14H,1-2,5-9H2. The summed E-state index contributed by atoms with van der Waals surface area (Å²) in [6.07, 6.45) is 2.70. The fraction of sp³-hybridized carbons (Fsp3) is 0.692. The number of nitro groups is 1. The molecule has 0 amide bonds. The molecule has 2 aliphatic heterocycles. The Morgan fingerprint density at radius 1 is 1.50 bits per heavy atom. The zero-order valence-electron chi connectivity index (χ0n) is 11.3. The van der Waals surface area contributed by atoms with Crippen molar-refractivity contribution in [3.63, 3.8) is 0 Å². The van der Waals surface area contributed by atoms with E-state index in [1.54, 1.807) is 6.07 Å². The highest BCUT2D eigenvalue weighted by Crippen LogP contribution is 2.22. The Bertz CT molecular complexity index is 476. The SMILES string of the molecule is O=[N+]([O-])c1ccc(CNCC2CN3CCCC3CO2)o1. The molecule has 2 saturated heterocycles. The molecule has 110 valence electrons. The minimum atomic E-state index is -0.527. The van der Waals surface area contributed by atoms with Crippen LogP contribution in [0.2, 0.25) is 0 Å². The van der Waals surface area contributed by atoms with Gasteiger partial charge in [-0.1, -0.05) is 0 Å². The number of rotatable bonds is 5. The molecule has 7 nitrogen and oxygen atoms in total. The van der Waals surface area contributed by atoms with Crippen LogP contribution in [0.3, 0.4) is 0 Å². The van der Waals surface area contributed by atoms with Crippen LogP contribution >= 0.6 is 0 Å². The summed E-state index contributed by atoms with van der Waals surface area (Å²) < 4.78 is 10.9. The van der Waals surface area contributed by atoms with Crippen LogP contribution in [0.4, 0.5) is 5.88 Å². The van der Waals surface area contributed by atoms with Gasteiger partial charge in [-0.2, -0.15) is 0 Å². The first-order chi connectivity index (χ1) is 9.72. The molecule has 3 heterocycles. The van der Waals surface area contributed by atoms with Crippen LogP contribution in [0.25, 0.3) is 0 Å². The van der Waals surface area contributed by atoms with Gasteiger partial charge in [-0.25, -0.2) is 0 Å². The first-order valence-corrected chi connectivity index (χ1v) is 7.02. The summed E-state index contributed by atoms with van der Waals surface area (Å²) in [6, 6.07) is 3.62. The molecule has 0 aliphatic carbocycles. The maximum absolute atomic E-state index is 10.5. The summed E-state index contributed by atoms with van der Waals surface area (Å²) in [5.74, 6) is 0.363. The Morgan fingerprint density at radius 3 is 3.20 bits per heavy atom. The van der Waals surface area contributed by atoms with E-state index in [1.807, 2.05) is 0 Å². The van der Waals surface area contributed by atoms with Gasteiger partial charge in [-0.15, -0.1) is 0 Å². The van der Waals surface area contributed by atoms with Gasteiger partial charge in [0.25, 0.3) is 0 Å². The minimum Gasteiger partial charge on any atom is -0.404 e. The smallest absolute Gasteiger partial charge is 0.404 e. The number of ether oxygens (including phenoxy) is 1. The van der Waals surface area contributed by atoms with Gasteiger partial charge in [-0.3, -0.25) is 15.0 Å². The van der Waals surface area contributed by atoms with E-state index in [0.29, 0.717) is 18.3 Å². The largest absolute Gasteiger partial charge is 0.433 e. The van der Waals surface area contributed by atoms with Crippen molar-refractivity contribution in [2.75, 3.05) is 26.2 Å². The molecule has 1 aromatic heterocycles. The summed E-state index contributed by atoms with van der Waals surface area (Å²) in [7, 11) is 0. The number of nitrogens with one attached hydrogen (secondary N) is 1. The van der Waals surface area contributed by atoms with Crippen LogP contribution in [0.15, 0.2) is 16.5 Å². The molecule has 7 heteroatoms. The highest BCUT2D eigenvalue weighted by atomic mass is 16.6. The van der Waals surface area contributed by atoms with Crippen LogP contribution in [0, 0.1) is 10.1 Å². The number of hydrogen-bond donors (Lipinski definition) is 1. The van der Waals surface area contributed by atoms with E-state index < -0.39 is 4.92 Å². The molecule has 2 aliphatic rings. The predicted molar refractivity (Wildman–Crippen MR) is 71.4 cm³/mol. The third-order valence-electron chi connectivity index (χ3n) is 3.96. The third-order valence-corrected chi connectivity index (χ3v) is 3.96. The highest BCUT2D eigenvalue weighted by molar-refractivity contribution is 5.17. The molecular formula is C13H19N3O4. The lowest BCUT2D eigenvalue weighted by Crippen LogP contribution is -2.49. The Kier molecular flexibility index (Phi) is 4.00. The molecular weight excluding hydrogens is 262 g/mol. The van der Waals surface area contributed by atoms with Crippen LogP contribution in [0.5, 0.6) is 0 Å². The van der Waals surface area contributed by atoms with E-state index in [1.165, 1.54) is 25.5 Å². The van der Waals surface area contributed by atoms with Crippen molar-refractivity contribution in [3.8, 4) is 0 Å². The van der Waals surface area contributed by atoms with Crippen LogP contribution in [0.1, 0.15) is 18.6 Å². The second kappa shape index (κ2) is 5.90. The van der Waals surface area contributed by atoms with E-state index >= 15 is 0 Å². The molecule has 0 aromatic carbocycles. The summed E-state index contributed by atoms with van der Waals surface area (Å²) in [5, 5.41) is 13.7. The molecule has 0 radical (unpaired) electrons. The fourth-order valence-electron chi connectivity index (χ4n) is 2.93. The number of nitrogens with zero attached hydrogens (tertiary/aromatic N) is 2. The Labute approximate surface area is 117 Å². The zero-order valence-corrected chi connectivity index (χ0v) is 11.3. The number of furan rings is 1. The summed E-state index contributed by atoms with van der Waals surface area (Å²) in [6.45, 7) is 4.18. The van der Waals surface area contributed by atoms with Crippen LogP contribution in [-0.4, -0.2) is 48.2 Å². The van der Waals surface area contributed by atoms with Gasteiger partial charge in [0.15, 0.2) is 0 Å².